The molecule has 2 aromatic rings. The van der Waals surface area contributed by atoms with Crippen molar-refractivity contribution in [3.63, 3.8) is 0 Å². The predicted molar refractivity (Wildman–Crippen MR) is 77.7 cm³/mol. The van der Waals surface area contributed by atoms with E-state index in [0.29, 0.717) is 5.76 Å². The molecule has 1 N–H and O–H groups in total. The van der Waals surface area contributed by atoms with E-state index >= 15 is 0 Å². The molecule has 0 bridgehead atoms. The van der Waals surface area contributed by atoms with E-state index in [1.165, 1.54) is 18.4 Å². The largest absolute Gasteiger partial charge is 0.467 e. The van der Waals surface area contributed by atoms with Crippen molar-refractivity contribution in [2.45, 2.75) is 12.7 Å². The number of halogens is 3. The van der Waals surface area contributed by atoms with Gasteiger partial charge >= 0.3 is 6.18 Å². The molecule has 1 aliphatic rings. The minimum Gasteiger partial charge on any atom is -0.467 e. The summed E-state index contributed by atoms with van der Waals surface area (Å²) >= 11 is 0. The second-order valence-electron chi connectivity index (χ2n) is 5.33. The van der Waals surface area contributed by atoms with E-state index < -0.39 is 30.4 Å². The molecule has 0 aliphatic carbocycles. The molecular formula is C16H11F3N2O4. The highest BCUT2D eigenvalue weighted by Gasteiger charge is 2.36. The van der Waals surface area contributed by atoms with Gasteiger partial charge in [-0.05, 0) is 30.3 Å². The number of carbonyl (C=O) groups excluding carboxylic acids is 3. The van der Waals surface area contributed by atoms with Crippen molar-refractivity contribution < 1.29 is 32.0 Å². The zero-order valence-electron chi connectivity index (χ0n) is 12.6. The van der Waals surface area contributed by atoms with Gasteiger partial charge in [0.15, 0.2) is 0 Å². The van der Waals surface area contributed by atoms with E-state index in [0.717, 1.165) is 11.0 Å². The predicted octanol–water partition coefficient (Wildman–Crippen LogP) is 2.37. The van der Waals surface area contributed by atoms with E-state index in [2.05, 4.69) is 0 Å². The standard InChI is InChI=1S/C16H11F3N2O4/c17-16(18,19)8-20-13(22)9-3-4-11-12(6-9)15(24)21(14(11)23)7-10-2-1-5-25-10/h1-6H,7-8H2,(H,20,22). The van der Waals surface area contributed by atoms with Crippen molar-refractivity contribution >= 4 is 17.7 Å². The number of fused-ring (bicyclic) bond motifs is 1. The molecule has 6 nitrogen and oxygen atoms in total. The Kier molecular flexibility index (Phi) is 4.07. The van der Waals surface area contributed by atoms with Crippen molar-refractivity contribution in [2.24, 2.45) is 0 Å². The molecular weight excluding hydrogens is 341 g/mol. The zero-order chi connectivity index (χ0) is 18.2. The fourth-order valence-electron chi connectivity index (χ4n) is 2.42. The highest BCUT2D eigenvalue weighted by molar-refractivity contribution is 6.21. The molecule has 1 aromatic carbocycles. The van der Waals surface area contributed by atoms with Crippen molar-refractivity contribution in [1.82, 2.24) is 10.2 Å². The van der Waals surface area contributed by atoms with Gasteiger partial charge in [-0.3, -0.25) is 19.3 Å². The molecule has 2 heterocycles. The summed E-state index contributed by atoms with van der Waals surface area (Å²) in [4.78, 5) is 37.4. The summed E-state index contributed by atoms with van der Waals surface area (Å²) in [6.07, 6.45) is -3.14. The number of amides is 3. The first-order valence-corrected chi connectivity index (χ1v) is 7.14. The maximum Gasteiger partial charge on any atom is 0.405 e. The van der Waals surface area contributed by atoms with Crippen molar-refractivity contribution in [1.29, 1.82) is 0 Å². The van der Waals surface area contributed by atoms with Crippen LogP contribution in [0.5, 0.6) is 0 Å². The molecule has 1 aliphatic heterocycles. The second-order valence-corrected chi connectivity index (χ2v) is 5.33. The fraction of sp³-hybridized carbons (Fsp3) is 0.188. The number of nitrogens with zero attached hydrogens (tertiary/aromatic N) is 1. The van der Waals surface area contributed by atoms with E-state index in [1.807, 2.05) is 0 Å². The first kappa shape index (κ1) is 16.7. The lowest BCUT2D eigenvalue weighted by molar-refractivity contribution is -0.123. The monoisotopic (exact) mass is 352 g/mol. The average Bonchev–Trinajstić information content (AvgIpc) is 3.15. The Morgan fingerprint density at radius 3 is 2.48 bits per heavy atom. The molecule has 0 atom stereocenters. The van der Waals surface area contributed by atoms with Crippen molar-refractivity contribution in [2.75, 3.05) is 6.54 Å². The summed E-state index contributed by atoms with van der Waals surface area (Å²) < 4.78 is 41.6. The lowest BCUT2D eigenvalue weighted by atomic mass is 10.1. The highest BCUT2D eigenvalue weighted by Crippen LogP contribution is 2.26. The summed E-state index contributed by atoms with van der Waals surface area (Å²) in [7, 11) is 0. The molecule has 130 valence electrons. The summed E-state index contributed by atoms with van der Waals surface area (Å²) in [6, 6.07) is 6.77. The summed E-state index contributed by atoms with van der Waals surface area (Å²) in [5, 5.41) is 1.71. The van der Waals surface area contributed by atoms with Crippen LogP contribution in [-0.2, 0) is 6.54 Å². The molecule has 0 spiro atoms. The quantitative estimate of drug-likeness (QED) is 0.857. The molecule has 0 fully saturated rings. The van der Waals surface area contributed by atoms with Crippen LogP contribution in [0.25, 0.3) is 0 Å². The van der Waals surface area contributed by atoms with Crippen LogP contribution in [0.15, 0.2) is 41.0 Å². The van der Waals surface area contributed by atoms with Gasteiger partial charge in [0.05, 0.1) is 23.9 Å². The van der Waals surface area contributed by atoms with Crippen molar-refractivity contribution in [3.8, 4) is 0 Å². The minimum absolute atomic E-state index is 0.0313. The van der Waals surface area contributed by atoms with Crippen LogP contribution >= 0.6 is 0 Å². The number of furan rings is 1. The van der Waals surface area contributed by atoms with Gasteiger partial charge in [0.1, 0.15) is 12.3 Å². The maximum atomic E-state index is 12.4. The van der Waals surface area contributed by atoms with E-state index in [4.69, 9.17) is 4.42 Å². The van der Waals surface area contributed by atoms with Crippen LogP contribution in [0, 0.1) is 0 Å². The van der Waals surface area contributed by atoms with Gasteiger partial charge in [-0.1, -0.05) is 0 Å². The molecule has 9 heteroatoms. The number of nitrogens with one attached hydrogen (secondary N) is 1. The Morgan fingerprint density at radius 2 is 1.84 bits per heavy atom. The van der Waals surface area contributed by atoms with E-state index in [9.17, 15) is 27.6 Å². The Morgan fingerprint density at radius 1 is 1.12 bits per heavy atom. The third kappa shape index (κ3) is 3.39. The Labute approximate surface area is 139 Å². The fourth-order valence-corrected chi connectivity index (χ4v) is 2.42. The molecule has 0 saturated carbocycles. The number of rotatable bonds is 4. The van der Waals surface area contributed by atoms with Gasteiger partial charge in [0.25, 0.3) is 17.7 Å². The van der Waals surface area contributed by atoms with Gasteiger partial charge in [0, 0.05) is 5.56 Å². The molecule has 3 rings (SSSR count). The van der Waals surface area contributed by atoms with E-state index in [1.54, 1.807) is 17.4 Å². The number of hydrogen-bond donors (Lipinski definition) is 1. The van der Waals surface area contributed by atoms with Crippen LogP contribution < -0.4 is 5.32 Å². The third-order valence-electron chi connectivity index (χ3n) is 3.58. The van der Waals surface area contributed by atoms with Crippen LogP contribution in [0.3, 0.4) is 0 Å². The SMILES string of the molecule is O=C(NCC(F)(F)F)c1ccc2c(c1)C(=O)N(Cc1ccco1)C2=O. The van der Waals surface area contributed by atoms with E-state index in [-0.39, 0.29) is 23.2 Å². The number of carbonyl (C=O) groups is 3. The minimum atomic E-state index is -4.54. The molecule has 0 saturated heterocycles. The van der Waals surface area contributed by atoms with Crippen LogP contribution in [0.2, 0.25) is 0 Å². The number of alkyl halides is 3. The van der Waals surface area contributed by atoms with Gasteiger partial charge in [-0.15, -0.1) is 0 Å². The summed E-state index contributed by atoms with van der Waals surface area (Å²) in [5.74, 6) is -1.77. The van der Waals surface area contributed by atoms with Gasteiger partial charge < -0.3 is 9.73 Å². The third-order valence-corrected chi connectivity index (χ3v) is 3.58. The second kappa shape index (κ2) is 6.08. The van der Waals surface area contributed by atoms with Crippen LogP contribution in [-0.4, -0.2) is 35.3 Å². The smallest absolute Gasteiger partial charge is 0.405 e. The van der Waals surface area contributed by atoms with Crippen LogP contribution in [0.4, 0.5) is 13.2 Å². The Bertz CT molecular complexity index is 844. The molecule has 1 aromatic heterocycles. The first-order chi connectivity index (χ1) is 11.8. The zero-order valence-corrected chi connectivity index (χ0v) is 12.6. The molecule has 3 amide bonds. The number of imide groups is 1. The Balaban J connectivity index is 1.80. The normalized spacial score (nSPS) is 14.0. The Hall–Kier alpha value is -3.10. The first-order valence-electron chi connectivity index (χ1n) is 7.14. The lowest BCUT2D eigenvalue weighted by Crippen LogP contribution is -2.33. The summed E-state index contributed by atoms with van der Waals surface area (Å²) in [6.45, 7) is -1.56. The highest BCUT2D eigenvalue weighted by atomic mass is 19.4. The van der Waals surface area contributed by atoms with Gasteiger partial charge in [-0.2, -0.15) is 13.2 Å². The molecule has 0 radical (unpaired) electrons. The summed E-state index contributed by atoms with van der Waals surface area (Å²) in [5.41, 5.74) is -0.0795. The molecule has 0 unspecified atom stereocenters. The average molecular weight is 352 g/mol. The molecule has 25 heavy (non-hydrogen) atoms. The van der Waals surface area contributed by atoms with Crippen LogP contribution in [0.1, 0.15) is 36.8 Å². The number of hydrogen-bond acceptors (Lipinski definition) is 4. The maximum absolute atomic E-state index is 12.4. The van der Waals surface area contributed by atoms with Gasteiger partial charge in [-0.25, -0.2) is 0 Å². The van der Waals surface area contributed by atoms with Crippen molar-refractivity contribution in [3.05, 3.63) is 59.0 Å². The topological polar surface area (TPSA) is 79.6 Å². The lowest BCUT2D eigenvalue weighted by Gasteiger charge is -2.11. The van der Waals surface area contributed by atoms with Gasteiger partial charge in [0.2, 0.25) is 0 Å². The number of benzene rings is 1.